The highest BCUT2D eigenvalue weighted by Crippen LogP contribution is 2.46. The minimum atomic E-state index is 0.725. The van der Waals surface area contributed by atoms with Gasteiger partial charge in [-0.25, -0.2) is 4.98 Å². The van der Waals surface area contributed by atoms with Crippen LogP contribution in [0.1, 0.15) is 57.4 Å². The molecule has 2 heterocycles. The van der Waals surface area contributed by atoms with Crippen molar-refractivity contribution in [3.05, 3.63) is 23.9 Å². The summed E-state index contributed by atoms with van der Waals surface area (Å²) in [6.45, 7) is 6.79. The number of hydrogen-bond acceptors (Lipinski definition) is 3. The maximum absolute atomic E-state index is 4.51. The van der Waals surface area contributed by atoms with Crippen LogP contribution < -0.4 is 5.32 Å². The Labute approximate surface area is 129 Å². The molecule has 2 fully saturated rings. The molecule has 3 heteroatoms. The Bertz CT molecular complexity index is 424. The third-order valence-corrected chi connectivity index (χ3v) is 5.37. The number of hydrogen-bond donors (Lipinski definition) is 1. The summed E-state index contributed by atoms with van der Waals surface area (Å²) in [5.74, 6) is 1.00. The van der Waals surface area contributed by atoms with E-state index in [1.54, 1.807) is 0 Å². The van der Waals surface area contributed by atoms with Crippen LogP contribution in [0, 0.1) is 5.41 Å². The van der Waals surface area contributed by atoms with Crippen LogP contribution >= 0.6 is 0 Å². The molecule has 1 saturated heterocycles. The smallest absolute Gasteiger partial charge is 0.125 e. The van der Waals surface area contributed by atoms with Crippen LogP contribution in [0.4, 0.5) is 5.82 Å². The fourth-order valence-electron chi connectivity index (χ4n) is 3.94. The van der Waals surface area contributed by atoms with E-state index in [1.165, 1.54) is 57.2 Å². The zero-order valence-corrected chi connectivity index (χ0v) is 13.4. The van der Waals surface area contributed by atoms with Crippen LogP contribution in [0.25, 0.3) is 0 Å². The lowest BCUT2D eigenvalue weighted by atomic mass is 9.77. The molecule has 0 bridgehead atoms. The quantitative estimate of drug-likeness (QED) is 0.885. The van der Waals surface area contributed by atoms with E-state index in [9.17, 15) is 0 Å². The van der Waals surface area contributed by atoms with E-state index in [0.29, 0.717) is 0 Å². The predicted octanol–water partition coefficient (Wildman–Crippen LogP) is 4.06. The molecule has 1 aliphatic carbocycles. The van der Waals surface area contributed by atoms with Gasteiger partial charge in [-0.3, -0.25) is 4.90 Å². The predicted molar refractivity (Wildman–Crippen MR) is 88.4 cm³/mol. The van der Waals surface area contributed by atoms with Crippen LogP contribution in [0.2, 0.25) is 0 Å². The summed E-state index contributed by atoms with van der Waals surface area (Å²) >= 11 is 0. The number of nitrogens with one attached hydrogen (secondary N) is 1. The normalized spacial score (nSPS) is 21.8. The highest BCUT2D eigenvalue weighted by atomic mass is 15.1. The fourth-order valence-corrected chi connectivity index (χ4v) is 3.94. The minimum absolute atomic E-state index is 0.725. The average Bonchev–Trinajstić information content (AvgIpc) is 2.98. The van der Waals surface area contributed by atoms with E-state index in [1.807, 2.05) is 6.20 Å². The molecule has 0 atom stereocenters. The summed E-state index contributed by atoms with van der Waals surface area (Å²) in [4.78, 5) is 7.13. The molecule has 2 aliphatic rings. The number of rotatable bonds is 5. The first kappa shape index (κ1) is 14.8. The van der Waals surface area contributed by atoms with Gasteiger partial charge in [-0.05, 0) is 62.2 Å². The van der Waals surface area contributed by atoms with E-state index in [-0.39, 0.29) is 0 Å². The Morgan fingerprint density at radius 3 is 2.52 bits per heavy atom. The number of anilines is 1. The van der Waals surface area contributed by atoms with Gasteiger partial charge < -0.3 is 5.32 Å². The molecule has 0 unspecified atom stereocenters. The first-order valence-corrected chi connectivity index (χ1v) is 8.71. The van der Waals surface area contributed by atoms with E-state index < -0.39 is 0 Å². The van der Waals surface area contributed by atoms with Crippen molar-refractivity contribution in [3.8, 4) is 0 Å². The van der Waals surface area contributed by atoms with Crippen LogP contribution in [-0.4, -0.2) is 29.5 Å². The summed E-state index contributed by atoms with van der Waals surface area (Å²) in [6.07, 6.45) is 11.9. The van der Waals surface area contributed by atoms with Gasteiger partial charge in [0.1, 0.15) is 5.82 Å². The molecule has 0 amide bonds. The lowest BCUT2D eigenvalue weighted by Crippen LogP contribution is -2.38. The topological polar surface area (TPSA) is 28.2 Å². The number of likely N-dealkylation sites (tertiary alicyclic amines) is 1. The van der Waals surface area contributed by atoms with Crippen LogP contribution in [0.15, 0.2) is 18.3 Å². The third kappa shape index (κ3) is 3.76. The molecule has 3 rings (SSSR count). The van der Waals surface area contributed by atoms with Crippen LogP contribution in [-0.2, 0) is 6.54 Å². The van der Waals surface area contributed by atoms with Crippen molar-refractivity contribution in [1.29, 1.82) is 0 Å². The maximum atomic E-state index is 4.51. The molecule has 1 spiro atoms. The first-order chi connectivity index (χ1) is 10.3. The summed E-state index contributed by atoms with van der Waals surface area (Å²) in [6, 6.07) is 4.35. The summed E-state index contributed by atoms with van der Waals surface area (Å²) in [5.41, 5.74) is 2.07. The van der Waals surface area contributed by atoms with Gasteiger partial charge in [0.2, 0.25) is 0 Å². The largest absolute Gasteiger partial charge is 0.370 e. The van der Waals surface area contributed by atoms with E-state index in [2.05, 4.69) is 34.3 Å². The Hall–Kier alpha value is -1.09. The van der Waals surface area contributed by atoms with E-state index in [0.717, 1.165) is 30.7 Å². The maximum Gasteiger partial charge on any atom is 0.125 e. The molecule has 0 aromatic carbocycles. The zero-order valence-electron chi connectivity index (χ0n) is 13.4. The van der Waals surface area contributed by atoms with E-state index >= 15 is 0 Å². The second kappa shape index (κ2) is 6.78. The highest BCUT2D eigenvalue weighted by Gasteiger charge is 2.36. The molecule has 1 saturated carbocycles. The summed E-state index contributed by atoms with van der Waals surface area (Å²) < 4.78 is 0. The lowest BCUT2D eigenvalue weighted by molar-refractivity contribution is 0.103. The van der Waals surface area contributed by atoms with Crippen molar-refractivity contribution < 1.29 is 0 Å². The molecule has 21 heavy (non-hydrogen) atoms. The molecule has 1 N–H and O–H groups in total. The van der Waals surface area contributed by atoms with Crippen molar-refractivity contribution in [2.24, 2.45) is 5.41 Å². The van der Waals surface area contributed by atoms with Crippen molar-refractivity contribution in [1.82, 2.24) is 9.88 Å². The molecule has 3 nitrogen and oxygen atoms in total. The second-order valence-electron chi connectivity index (χ2n) is 6.96. The van der Waals surface area contributed by atoms with Gasteiger partial charge in [-0.1, -0.05) is 25.8 Å². The van der Waals surface area contributed by atoms with Crippen molar-refractivity contribution >= 4 is 5.82 Å². The molecule has 116 valence electrons. The summed E-state index contributed by atoms with van der Waals surface area (Å²) in [7, 11) is 0. The van der Waals surface area contributed by atoms with Gasteiger partial charge in [0.15, 0.2) is 0 Å². The van der Waals surface area contributed by atoms with Gasteiger partial charge in [0.25, 0.3) is 0 Å². The second-order valence-corrected chi connectivity index (χ2v) is 6.96. The Kier molecular flexibility index (Phi) is 4.79. The number of piperidine rings is 1. The average molecular weight is 287 g/mol. The number of nitrogens with zero attached hydrogens (tertiary/aromatic N) is 2. The van der Waals surface area contributed by atoms with Gasteiger partial charge >= 0.3 is 0 Å². The molecule has 1 aromatic rings. The van der Waals surface area contributed by atoms with Gasteiger partial charge in [0, 0.05) is 19.3 Å². The fraction of sp³-hybridized carbons (Fsp3) is 0.722. The van der Waals surface area contributed by atoms with Gasteiger partial charge in [0.05, 0.1) is 0 Å². The van der Waals surface area contributed by atoms with Crippen molar-refractivity contribution in [2.45, 2.75) is 58.4 Å². The number of pyridine rings is 1. The SMILES string of the molecule is CCCNc1ccc(CN2CCC3(CCCC3)CC2)cn1. The van der Waals surface area contributed by atoms with Gasteiger partial charge in [-0.2, -0.15) is 0 Å². The summed E-state index contributed by atoms with van der Waals surface area (Å²) in [5, 5.41) is 3.33. The zero-order chi connectivity index (χ0) is 14.5. The Morgan fingerprint density at radius 1 is 1.14 bits per heavy atom. The molecular weight excluding hydrogens is 258 g/mol. The van der Waals surface area contributed by atoms with Crippen LogP contribution in [0.3, 0.4) is 0 Å². The van der Waals surface area contributed by atoms with Crippen molar-refractivity contribution in [3.63, 3.8) is 0 Å². The molecule has 0 radical (unpaired) electrons. The molecule has 1 aliphatic heterocycles. The van der Waals surface area contributed by atoms with Crippen LogP contribution in [0.5, 0.6) is 0 Å². The number of aromatic nitrogens is 1. The third-order valence-electron chi connectivity index (χ3n) is 5.37. The Morgan fingerprint density at radius 2 is 1.90 bits per heavy atom. The minimum Gasteiger partial charge on any atom is -0.370 e. The van der Waals surface area contributed by atoms with Crippen molar-refractivity contribution in [2.75, 3.05) is 25.0 Å². The van der Waals surface area contributed by atoms with E-state index in [4.69, 9.17) is 0 Å². The van der Waals surface area contributed by atoms with Gasteiger partial charge in [-0.15, -0.1) is 0 Å². The monoisotopic (exact) mass is 287 g/mol. The highest BCUT2D eigenvalue weighted by molar-refractivity contribution is 5.35. The standard InChI is InChI=1S/C18H29N3/c1-2-11-19-17-6-5-16(14-20-17)15-21-12-9-18(10-13-21)7-3-4-8-18/h5-6,14H,2-4,7-13,15H2,1H3,(H,19,20). The molecule has 1 aromatic heterocycles. The Balaban J connectivity index is 1.48. The lowest BCUT2D eigenvalue weighted by Gasteiger charge is -2.39. The molecular formula is C18H29N3. The first-order valence-electron chi connectivity index (χ1n) is 8.71.